The number of carbonyl (C=O) groups excluding carboxylic acids is 1. The van der Waals surface area contributed by atoms with Crippen LogP contribution in [-0.2, 0) is 9.53 Å². The summed E-state index contributed by atoms with van der Waals surface area (Å²) in [6, 6.07) is 14.8. The van der Waals surface area contributed by atoms with Crippen molar-refractivity contribution in [3.05, 3.63) is 60.9 Å². The quantitative estimate of drug-likeness (QED) is 0.462. The number of esters is 1. The lowest BCUT2D eigenvalue weighted by Crippen LogP contribution is -2.39. The van der Waals surface area contributed by atoms with E-state index in [2.05, 4.69) is 15.3 Å². The van der Waals surface area contributed by atoms with Crippen LogP contribution in [0.3, 0.4) is 0 Å². The van der Waals surface area contributed by atoms with Gasteiger partial charge < -0.3 is 24.6 Å². The molecule has 2 atom stereocenters. The topological polar surface area (TPSA) is 106 Å². The van der Waals surface area contributed by atoms with Crippen molar-refractivity contribution >= 4 is 17.6 Å². The lowest BCUT2D eigenvalue weighted by Gasteiger charge is -2.21. The van der Waals surface area contributed by atoms with E-state index in [0.717, 1.165) is 22.6 Å². The monoisotopic (exact) mass is 464 g/mol. The number of anilines is 2. The van der Waals surface area contributed by atoms with Gasteiger partial charge in [0.25, 0.3) is 0 Å². The predicted molar refractivity (Wildman–Crippen MR) is 127 cm³/mol. The SMILES string of the molecule is COC(=O)[C@@H]1C[C@@H](O)CN1CCOc1ccc(Nc2ncc(-c3ccc(OC)cc3)cn2)cc1. The van der Waals surface area contributed by atoms with Crippen LogP contribution < -0.4 is 14.8 Å². The van der Waals surface area contributed by atoms with E-state index in [0.29, 0.717) is 37.8 Å². The Labute approximate surface area is 198 Å². The zero-order valence-corrected chi connectivity index (χ0v) is 19.2. The molecule has 9 heteroatoms. The Morgan fingerprint density at radius 2 is 1.71 bits per heavy atom. The van der Waals surface area contributed by atoms with Crippen molar-refractivity contribution in [2.24, 2.45) is 0 Å². The Kier molecular flexibility index (Phi) is 7.56. The molecule has 0 spiro atoms. The van der Waals surface area contributed by atoms with Crippen molar-refractivity contribution in [3.8, 4) is 22.6 Å². The first-order chi connectivity index (χ1) is 16.6. The molecule has 1 fully saturated rings. The molecule has 9 nitrogen and oxygen atoms in total. The minimum Gasteiger partial charge on any atom is -0.497 e. The van der Waals surface area contributed by atoms with Gasteiger partial charge in [0.15, 0.2) is 0 Å². The minimum absolute atomic E-state index is 0.328. The van der Waals surface area contributed by atoms with Gasteiger partial charge in [-0.2, -0.15) is 0 Å². The zero-order chi connectivity index (χ0) is 23.9. The highest BCUT2D eigenvalue weighted by atomic mass is 16.5. The predicted octanol–water partition coefficient (Wildman–Crippen LogP) is 2.88. The van der Waals surface area contributed by atoms with Gasteiger partial charge >= 0.3 is 5.97 Å². The average Bonchev–Trinajstić information content (AvgIpc) is 3.25. The van der Waals surface area contributed by atoms with Crippen molar-refractivity contribution in [2.45, 2.75) is 18.6 Å². The molecule has 4 rings (SSSR count). The third-order valence-corrected chi connectivity index (χ3v) is 5.69. The summed E-state index contributed by atoms with van der Waals surface area (Å²) in [6.45, 7) is 1.34. The summed E-state index contributed by atoms with van der Waals surface area (Å²) in [5.41, 5.74) is 2.75. The van der Waals surface area contributed by atoms with E-state index >= 15 is 0 Å². The molecule has 1 aliphatic rings. The number of nitrogens with zero attached hydrogens (tertiary/aromatic N) is 3. The summed E-state index contributed by atoms with van der Waals surface area (Å²) in [5, 5.41) is 13.0. The number of aromatic nitrogens is 2. The van der Waals surface area contributed by atoms with E-state index in [1.54, 1.807) is 19.5 Å². The number of nitrogens with one attached hydrogen (secondary N) is 1. The molecule has 0 aliphatic carbocycles. The van der Waals surface area contributed by atoms with Crippen LogP contribution in [-0.4, -0.2) is 72.0 Å². The van der Waals surface area contributed by atoms with Crippen LogP contribution in [0.1, 0.15) is 6.42 Å². The fourth-order valence-electron chi connectivity index (χ4n) is 3.88. The van der Waals surface area contributed by atoms with Crippen LogP contribution in [0.2, 0.25) is 0 Å². The molecule has 0 radical (unpaired) electrons. The van der Waals surface area contributed by atoms with Gasteiger partial charge in [0.05, 0.1) is 20.3 Å². The molecule has 2 aromatic carbocycles. The van der Waals surface area contributed by atoms with Crippen LogP contribution in [0.5, 0.6) is 11.5 Å². The summed E-state index contributed by atoms with van der Waals surface area (Å²) in [6.07, 6.45) is 3.40. The standard InChI is InChI=1S/C25H28N4O5/c1-32-21-7-3-17(4-8-21)18-14-26-25(27-15-18)28-19-5-9-22(10-6-19)34-12-11-29-16-20(30)13-23(29)24(31)33-2/h3-10,14-15,20,23,30H,11-13,16H2,1-2H3,(H,26,27,28)/t20-,23+/m1/s1. The number of hydrogen-bond donors (Lipinski definition) is 2. The largest absolute Gasteiger partial charge is 0.497 e. The molecule has 0 bridgehead atoms. The Morgan fingerprint density at radius 1 is 1.03 bits per heavy atom. The molecule has 178 valence electrons. The minimum atomic E-state index is -0.526. The highest BCUT2D eigenvalue weighted by molar-refractivity contribution is 5.76. The summed E-state index contributed by atoms with van der Waals surface area (Å²) < 4.78 is 15.8. The number of β-amino-alcohol motifs (C(OH)–C–C–N with tert-alkyl or cyclic N) is 1. The molecule has 3 aromatic rings. The number of aliphatic hydroxyl groups is 1. The molecule has 0 unspecified atom stereocenters. The van der Waals surface area contributed by atoms with E-state index < -0.39 is 12.1 Å². The first-order valence-corrected chi connectivity index (χ1v) is 11.0. The Bertz CT molecular complexity index is 1070. The Hall–Kier alpha value is -3.69. The molecule has 2 N–H and O–H groups in total. The fourth-order valence-corrected chi connectivity index (χ4v) is 3.88. The number of rotatable bonds is 9. The Morgan fingerprint density at radius 3 is 2.35 bits per heavy atom. The summed E-state index contributed by atoms with van der Waals surface area (Å²) >= 11 is 0. The molecule has 0 amide bonds. The average molecular weight is 465 g/mol. The second-order valence-electron chi connectivity index (χ2n) is 7.95. The summed E-state index contributed by atoms with van der Waals surface area (Å²) in [5.74, 6) is 1.67. The first-order valence-electron chi connectivity index (χ1n) is 11.0. The van der Waals surface area contributed by atoms with Crippen LogP contribution in [0.15, 0.2) is 60.9 Å². The third-order valence-electron chi connectivity index (χ3n) is 5.69. The zero-order valence-electron chi connectivity index (χ0n) is 19.2. The van der Waals surface area contributed by atoms with Crippen LogP contribution in [0, 0.1) is 0 Å². The number of likely N-dealkylation sites (tertiary alicyclic amines) is 1. The molecular weight excluding hydrogens is 436 g/mol. The van der Waals surface area contributed by atoms with Crippen molar-refractivity contribution in [1.82, 2.24) is 14.9 Å². The molecule has 0 saturated carbocycles. The number of benzene rings is 2. The molecule has 34 heavy (non-hydrogen) atoms. The van der Waals surface area contributed by atoms with Crippen LogP contribution in [0.25, 0.3) is 11.1 Å². The molecule has 1 saturated heterocycles. The van der Waals surface area contributed by atoms with Crippen molar-refractivity contribution in [3.63, 3.8) is 0 Å². The third kappa shape index (κ3) is 5.81. The van der Waals surface area contributed by atoms with Gasteiger partial charge in [0.2, 0.25) is 5.95 Å². The number of ether oxygens (including phenoxy) is 3. The van der Waals surface area contributed by atoms with Crippen molar-refractivity contribution in [1.29, 1.82) is 0 Å². The van der Waals surface area contributed by atoms with E-state index in [1.807, 2.05) is 53.4 Å². The lowest BCUT2D eigenvalue weighted by atomic mass is 10.1. The van der Waals surface area contributed by atoms with E-state index in [1.165, 1.54) is 7.11 Å². The van der Waals surface area contributed by atoms with Gasteiger partial charge in [-0.15, -0.1) is 0 Å². The highest BCUT2D eigenvalue weighted by Crippen LogP contribution is 2.23. The Balaban J connectivity index is 1.27. The maximum atomic E-state index is 11.9. The van der Waals surface area contributed by atoms with E-state index in [9.17, 15) is 9.90 Å². The summed E-state index contributed by atoms with van der Waals surface area (Å²) in [4.78, 5) is 22.5. The number of methoxy groups -OCH3 is 2. The van der Waals surface area contributed by atoms with Gasteiger partial charge in [0, 0.05) is 43.2 Å². The molecular formula is C25H28N4O5. The maximum Gasteiger partial charge on any atom is 0.323 e. The number of aliphatic hydroxyl groups excluding tert-OH is 1. The lowest BCUT2D eigenvalue weighted by molar-refractivity contribution is -0.146. The molecule has 1 aromatic heterocycles. The smallest absolute Gasteiger partial charge is 0.323 e. The highest BCUT2D eigenvalue weighted by Gasteiger charge is 2.36. The maximum absolute atomic E-state index is 11.9. The fraction of sp³-hybridized carbons (Fsp3) is 0.320. The van der Waals surface area contributed by atoms with Crippen molar-refractivity contribution in [2.75, 3.05) is 39.2 Å². The molecule has 2 heterocycles. The second-order valence-corrected chi connectivity index (χ2v) is 7.95. The van der Waals surface area contributed by atoms with Gasteiger partial charge in [0.1, 0.15) is 24.1 Å². The first kappa shape index (κ1) is 23.5. The normalized spacial score (nSPS) is 17.9. The van der Waals surface area contributed by atoms with Gasteiger partial charge in [-0.25, -0.2) is 9.97 Å². The second kappa shape index (κ2) is 11.0. The number of carbonyl (C=O) groups is 1. The van der Waals surface area contributed by atoms with Gasteiger partial charge in [-0.1, -0.05) is 12.1 Å². The summed E-state index contributed by atoms with van der Waals surface area (Å²) in [7, 11) is 3.00. The number of hydrogen-bond acceptors (Lipinski definition) is 9. The van der Waals surface area contributed by atoms with Crippen LogP contribution >= 0.6 is 0 Å². The van der Waals surface area contributed by atoms with Gasteiger partial charge in [-0.3, -0.25) is 9.69 Å². The van der Waals surface area contributed by atoms with Gasteiger partial charge in [-0.05, 0) is 42.0 Å². The van der Waals surface area contributed by atoms with Crippen molar-refractivity contribution < 1.29 is 24.1 Å². The van der Waals surface area contributed by atoms with E-state index in [4.69, 9.17) is 14.2 Å². The molecule has 1 aliphatic heterocycles. The van der Waals surface area contributed by atoms with E-state index in [-0.39, 0.29) is 5.97 Å². The van der Waals surface area contributed by atoms with Crippen LogP contribution in [0.4, 0.5) is 11.6 Å².